The van der Waals surface area contributed by atoms with Crippen molar-refractivity contribution < 1.29 is 9.72 Å². The largest absolute Gasteiger partial charge is 0.301 e. The second-order valence-corrected chi connectivity index (χ2v) is 5.39. The van der Waals surface area contributed by atoms with Gasteiger partial charge in [0.1, 0.15) is 5.92 Å². The Hall–Kier alpha value is -1.50. The first-order valence-corrected chi connectivity index (χ1v) is 6.43. The first-order valence-electron chi connectivity index (χ1n) is 5.55. The van der Waals surface area contributed by atoms with E-state index in [1.807, 2.05) is 5.38 Å². The zero-order valence-electron chi connectivity index (χ0n) is 8.96. The van der Waals surface area contributed by atoms with Gasteiger partial charge < -0.3 is 5.32 Å². The number of aromatic nitrogens is 1. The molecule has 2 aliphatic carbocycles. The summed E-state index contributed by atoms with van der Waals surface area (Å²) in [7, 11) is 0. The Kier molecular flexibility index (Phi) is 2.36. The van der Waals surface area contributed by atoms with Gasteiger partial charge in [-0.25, -0.2) is 4.98 Å². The molecule has 0 unspecified atom stereocenters. The Morgan fingerprint density at radius 2 is 2.35 bits per heavy atom. The van der Waals surface area contributed by atoms with Crippen LogP contribution >= 0.6 is 11.3 Å². The molecule has 1 aromatic rings. The number of carbonyl (C=O) groups is 1. The third-order valence-electron chi connectivity index (χ3n) is 3.11. The van der Waals surface area contributed by atoms with E-state index in [0.29, 0.717) is 17.5 Å². The van der Waals surface area contributed by atoms with Gasteiger partial charge in [-0.15, -0.1) is 11.3 Å². The molecule has 2 fully saturated rings. The fraction of sp³-hybridized carbons (Fsp3) is 0.600. The molecule has 17 heavy (non-hydrogen) atoms. The molecule has 0 bridgehead atoms. The van der Waals surface area contributed by atoms with Gasteiger partial charge in [-0.1, -0.05) is 0 Å². The fourth-order valence-corrected chi connectivity index (χ4v) is 2.60. The van der Waals surface area contributed by atoms with E-state index in [-0.39, 0.29) is 10.8 Å². The van der Waals surface area contributed by atoms with Crippen LogP contribution in [-0.2, 0) is 4.79 Å². The summed E-state index contributed by atoms with van der Waals surface area (Å²) in [6, 6.07) is -0.696. The van der Waals surface area contributed by atoms with Crippen LogP contribution in [0.2, 0.25) is 0 Å². The summed E-state index contributed by atoms with van der Waals surface area (Å²) in [6.07, 6.45) is 2.69. The van der Waals surface area contributed by atoms with Crippen molar-refractivity contribution in [3.63, 3.8) is 0 Å². The summed E-state index contributed by atoms with van der Waals surface area (Å²) in [5.74, 6) is -0.189. The molecule has 90 valence electrons. The topological polar surface area (TPSA) is 85.1 Å². The molecule has 0 spiro atoms. The van der Waals surface area contributed by atoms with Gasteiger partial charge in [0.05, 0.1) is 5.69 Å². The summed E-state index contributed by atoms with van der Waals surface area (Å²) >= 11 is 1.39. The smallest absolute Gasteiger partial charge is 0.236 e. The zero-order chi connectivity index (χ0) is 12.0. The van der Waals surface area contributed by atoms with Gasteiger partial charge in [0.15, 0.2) is 5.13 Å². The van der Waals surface area contributed by atoms with Gasteiger partial charge in [0, 0.05) is 22.6 Å². The molecular formula is C10H11N3O3S. The van der Waals surface area contributed by atoms with Crippen LogP contribution in [0.25, 0.3) is 0 Å². The molecule has 1 N–H and O–H groups in total. The van der Waals surface area contributed by atoms with Crippen molar-refractivity contribution >= 4 is 22.4 Å². The molecule has 1 aromatic heterocycles. The average Bonchev–Trinajstić information content (AvgIpc) is 3.17. The van der Waals surface area contributed by atoms with Gasteiger partial charge >= 0.3 is 0 Å². The lowest BCUT2D eigenvalue weighted by Crippen LogP contribution is -2.18. The number of nitrogens with one attached hydrogen (secondary N) is 1. The molecule has 2 atom stereocenters. The van der Waals surface area contributed by atoms with Crippen LogP contribution in [0.4, 0.5) is 5.13 Å². The highest BCUT2D eigenvalue weighted by Gasteiger charge is 2.53. The number of hydrogen-bond donors (Lipinski definition) is 1. The van der Waals surface area contributed by atoms with E-state index in [9.17, 15) is 14.9 Å². The van der Waals surface area contributed by atoms with Crippen molar-refractivity contribution in [2.45, 2.75) is 31.2 Å². The van der Waals surface area contributed by atoms with E-state index >= 15 is 0 Å². The number of anilines is 1. The quantitative estimate of drug-likeness (QED) is 0.652. The summed E-state index contributed by atoms with van der Waals surface area (Å²) in [4.78, 5) is 26.0. The van der Waals surface area contributed by atoms with E-state index in [2.05, 4.69) is 10.3 Å². The standard InChI is InChI=1S/C10H11N3O3S/c14-9(6-3-8(6)13(15)16)12-10-11-7(4-17-10)5-1-2-5/h4-6,8H,1-3H2,(H,11,12,14)/t6-,8-/m1/s1. The van der Waals surface area contributed by atoms with Crippen LogP contribution in [-0.4, -0.2) is 21.9 Å². The van der Waals surface area contributed by atoms with E-state index in [0.717, 1.165) is 5.69 Å². The minimum atomic E-state index is -0.696. The van der Waals surface area contributed by atoms with E-state index in [1.54, 1.807) is 0 Å². The number of rotatable bonds is 4. The van der Waals surface area contributed by atoms with Crippen molar-refractivity contribution in [3.05, 3.63) is 21.2 Å². The van der Waals surface area contributed by atoms with Gasteiger partial charge in [0.2, 0.25) is 11.9 Å². The summed E-state index contributed by atoms with van der Waals surface area (Å²) < 4.78 is 0. The van der Waals surface area contributed by atoms with Crippen LogP contribution < -0.4 is 5.32 Å². The first-order chi connectivity index (χ1) is 8.15. The molecule has 6 nitrogen and oxygen atoms in total. The van der Waals surface area contributed by atoms with Crippen LogP contribution in [0, 0.1) is 16.0 Å². The van der Waals surface area contributed by atoms with Crippen molar-refractivity contribution in [2.75, 3.05) is 5.32 Å². The van der Waals surface area contributed by atoms with Crippen molar-refractivity contribution in [1.82, 2.24) is 4.98 Å². The van der Waals surface area contributed by atoms with Crippen LogP contribution in [0.5, 0.6) is 0 Å². The summed E-state index contributed by atoms with van der Waals surface area (Å²) in [6.45, 7) is 0. The van der Waals surface area contributed by atoms with Crippen LogP contribution in [0.1, 0.15) is 30.9 Å². The van der Waals surface area contributed by atoms with Crippen molar-refractivity contribution in [1.29, 1.82) is 0 Å². The van der Waals surface area contributed by atoms with E-state index in [4.69, 9.17) is 0 Å². The molecule has 2 saturated carbocycles. The molecule has 7 heteroatoms. The maximum absolute atomic E-state index is 11.6. The molecule has 0 radical (unpaired) electrons. The Bertz CT molecular complexity index is 483. The van der Waals surface area contributed by atoms with Gasteiger partial charge in [-0.3, -0.25) is 14.9 Å². The SMILES string of the molecule is O=C(Nc1nc(C2CC2)cs1)[C@@H]1C[C@H]1[N+](=O)[O-]. The molecular weight excluding hydrogens is 242 g/mol. The number of amides is 1. The Balaban J connectivity index is 1.59. The maximum Gasteiger partial charge on any atom is 0.236 e. The van der Waals surface area contributed by atoms with Gasteiger partial charge in [-0.2, -0.15) is 0 Å². The Morgan fingerprint density at radius 3 is 2.94 bits per heavy atom. The number of carbonyl (C=O) groups excluding carboxylic acids is 1. The number of nitro groups is 1. The molecule has 1 amide bonds. The monoisotopic (exact) mass is 253 g/mol. The zero-order valence-corrected chi connectivity index (χ0v) is 9.77. The lowest BCUT2D eigenvalue weighted by Gasteiger charge is -1.97. The van der Waals surface area contributed by atoms with Gasteiger partial charge in [-0.05, 0) is 12.8 Å². The number of thiazole rings is 1. The lowest BCUT2D eigenvalue weighted by molar-refractivity contribution is -0.497. The second-order valence-electron chi connectivity index (χ2n) is 4.54. The molecule has 2 aliphatic rings. The lowest BCUT2D eigenvalue weighted by atomic mass is 10.3. The second kappa shape index (κ2) is 3.76. The molecule has 0 aromatic carbocycles. The van der Waals surface area contributed by atoms with E-state index in [1.165, 1.54) is 24.2 Å². The average molecular weight is 253 g/mol. The predicted molar refractivity (Wildman–Crippen MR) is 61.6 cm³/mol. The molecule has 0 aliphatic heterocycles. The predicted octanol–water partition coefficient (Wildman–Crippen LogP) is 1.62. The van der Waals surface area contributed by atoms with Crippen molar-refractivity contribution in [2.24, 2.45) is 5.92 Å². The van der Waals surface area contributed by atoms with Crippen LogP contribution in [0.15, 0.2) is 5.38 Å². The number of nitrogens with zero attached hydrogens (tertiary/aromatic N) is 2. The normalized spacial score (nSPS) is 26.6. The molecule has 0 saturated heterocycles. The van der Waals surface area contributed by atoms with Crippen LogP contribution in [0.3, 0.4) is 0 Å². The first kappa shape index (κ1) is 10.6. The highest BCUT2D eigenvalue weighted by Crippen LogP contribution is 2.41. The Labute approximate surface area is 101 Å². The summed E-state index contributed by atoms with van der Waals surface area (Å²) in [5, 5.41) is 15.6. The Morgan fingerprint density at radius 1 is 1.59 bits per heavy atom. The van der Waals surface area contributed by atoms with E-state index < -0.39 is 12.0 Å². The minimum Gasteiger partial charge on any atom is -0.301 e. The minimum absolute atomic E-state index is 0.275. The third kappa shape index (κ3) is 2.14. The van der Waals surface area contributed by atoms with Gasteiger partial charge in [0.25, 0.3) is 0 Å². The highest BCUT2D eigenvalue weighted by molar-refractivity contribution is 7.13. The maximum atomic E-state index is 11.6. The van der Waals surface area contributed by atoms with Crippen molar-refractivity contribution in [3.8, 4) is 0 Å². The highest BCUT2D eigenvalue weighted by atomic mass is 32.1. The summed E-state index contributed by atoms with van der Waals surface area (Å²) in [5.41, 5.74) is 1.03. The number of hydrogen-bond acceptors (Lipinski definition) is 5. The molecule has 1 heterocycles. The fourth-order valence-electron chi connectivity index (χ4n) is 1.80. The third-order valence-corrected chi connectivity index (χ3v) is 3.89. The molecule has 3 rings (SSSR count).